The monoisotopic (exact) mass is 264 g/mol. The SMILES string of the molecule is COCCNC(=O)C(C)N[C@@H](C)c1ccccc1C. The summed E-state index contributed by atoms with van der Waals surface area (Å²) in [5.74, 6) is -0.00233. The standard InChI is InChI=1S/C15H24N2O2/c1-11-7-5-6-8-14(11)12(2)17-13(3)15(18)16-9-10-19-4/h5-8,12-13,17H,9-10H2,1-4H3,(H,16,18)/t12-,13?/m0/s1. The first-order valence-electron chi connectivity index (χ1n) is 6.64. The Kier molecular flexibility index (Phi) is 6.53. The van der Waals surface area contributed by atoms with E-state index in [1.807, 2.05) is 19.1 Å². The van der Waals surface area contributed by atoms with Crippen molar-refractivity contribution >= 4 is 5.91 Å². The number of nitrogens with one attached hydrogen (secondary N) is 2. The molecule has 4 nitrogen and oxygen atoms in total. The van der Waals surface area contributed by atoms with Crippen molar-refractivity contribution in [2.45, 2.75) is 32.9 Å². The summed E-state index contributed by atoms with van der Waals surface area (Å²) < 4.78 is 4.90. The Morgan fingerprint density at radius 1 is 1.32 bits per heavy atom. The second-order valence-corrected chi connectivity index (χ2v) is 4.75. The van der Waals surface area contributed by atoms with Crippen molar-refractivity contribution in [3.8, 4) is 0 Å². The van der Waals surface area contributed by atoms with Gasteiger partial charge < -0.3 is 10.1 Å². The topological polar surface area (TPSA) is 50.4 Å². The van der Waals surface area contributed by atoms with Gasteiger partial charge in [-0.1, -0.05) is 24.3 Å². The summed E-state index contributed by atoms with van der Waals surface area (Å²) in [5, 5.41) is 6.14. The number of hydrogen-bond acceptors (Lipinski definition) is 3. The van der Waals surface area contributed by atoms with Gasteiger partial charge in [0.25, 0.3) is 0 Å². The number of carbonyl (C=O) groups excluding carboxylic acids is 1. The van der Waals surface area contributed by atoms with Gasteiger partial charge in [-0.25, -0.2) is 0 Å². The third-order valence-electron chi connectivity index (χ3n) is 3.15. The molecule has 106 valence electrons. The lowest BCUT2D eigenvalue weighted by atomic mass is 10.0. The maximum absolute atomic E-state index is 11.8. The molecule has 0 heterocycles. The molecule has 1 rings (SSSR count). The van der Waals surface area contributed by atoms with E-state index in [9.17, 15) is 4.79 Å². The molecule has 1 unspecified atom stereocenters. The minimum absolute atomic E-state index is 0.00233. The molecular formula is C15H24N2O2. The van der Waals surface area contributed by atoms with Gasteiger partial charge in [0.2, 0.25) is 5.91 Å². The van der Waals surface area contributed by atoms with E-state index in [0.29, 0.717) is 13.2 Å². The third kappa shape index (κ3) is 5.01. The molecule has 0 radical (unpaired) electrons. The van der Waals surface area contributed by atoms with Gasteiger partial charge in [-0.05, 0) is 31.9 Å². The lowest BCUT2D eigenvalue weighted by Crippen LogP contribution is -2.44. The highest BCUT2D eigenvalue weighted by molar-refractivity contribution is 5.81. The fourth-order valence-electron chi connectivity index (χ4n) is 2.04. The van der Waals surface area contributed by atoms with Crippen LogP contribution in [0.4, 0.5) is 0 Å². The fraction of sp³-hybridized carbons (Fsp3) is 0.533. The molecule has 4 heteroatoms. The number of aryl methyl sites for hydroxylation is 1. The molecule has 19 heavy (non-hydrogen) atoms. The zero-order valence-corrected chi connectivity index (χ0v) is 12.2. The Labute approximate surface area is 115 Å². The number of benzene rings is 1. The van der Waals surface area contributed by atoms with Gasteiger partial charge in [-0.3, -0.25) is 10.1 Å². The summed E-state index contributed by atoms with van der Waals surface area (Å²) in [7, 11) is 1.62. The van der Waals surface area contributed by atoms with E-state index in [-0.39, 0.29) is 18.0 Å². The first-order chi connectivity index (χ1) is 9.06. The Bertz CT molecular complexity index is 407. The highest BCUT2D eigenvalue weighted by atomic mass is 16.5. The van der Waals surface area contributed by atoms with Gasteiger partial charge in [-0.2, -0.15) is 0 Å². The molecule has 2 N–H and O–H groups in total. The van der Waals surface area contributed by atoms with Crippen LogP contribution in [-0.2, 0) is 9.53 Å². The third-order valence-corrected chi connectivity index (χ3v) is 3.15. The van der Waals surface area contributed by atoms with Crippen molar-refractivity contribution in [3.63, 3.8) is 0 Å². The van der Waals surface area contributed by atoms with Crippen molar-refractivity contribution in [2.75, 3.05) is 20.3 Å². The fourth-order valence-corrected chi connectivity index (χ4v) is 2.04. The van der Waals surface area contributed by atoms with Gasteiger partial charge in [0.15, 0.2) is 0 Å². The number of carbonyl (C=O) groups is 1. The summed E-state index contributed by atoms with van der Waals surface area (Å²) in [4.78, 5) is 11.8. The van der Waals surface area contributed by atoms with Crippen LogP contribution in [0, 0.1) is 6.92 Å². The lowest BCUT2D eigenvalue weighted by Gasteiger charge is -2.21. The van der Waals surface area contributed by atoms with Crippen molar-refractivity contribution in [3.05, 3.63) is 35.4 Å². The Balaban J connectivity index is 2.50. The summed E-state index contributed by atoms with van der Waals surface area (Å²) >= 11 is 0. The molecule has 2 atom stereocenters. The highest BCUT2D eigenvalue weighted by Gasteiger charge is 2.16. The first-order valence-corrected chi connectivity index (χ1v) is 6.64. The molecule has 0 aliphatic rings. The molecule has 1 aromatic carbocycles. The smallest absolute Gasteiger partial charge is 0.236 e. The second-order valence-electron chi connectivity index (χ2n) is 4.75. The quantitative estimate of drug-likeness (QED) is 0.738. The predicted molar refractivity (Wildman–Crippen MR) is 77.1 cm³/mol. The molecular weight excluding hydrogens is 240 g/mol. The van der Waals surface area contributed by atoms with Crippen LogP contribution in [-0.4, -0.2) is 32.2 Å². The van der Waals surface area contributed by atoms with E-state index >= 15 is 0 Å². The summed E-state index contributed by atoms with van der Waals surface area (Å²) in [6, 6.07) is 8.12. The molecule has 0 saturated carbocycles. The number of ether oxygens (including phenoxy) is 1. The van der Waals surface area contributed by atoms with Crippen LogP contribution in [0.15, 0.2) is 24.3 Å². The molecule has 0 fully saturated rings. The van der Waals surface area contributed by atoms with Crippen LogP contribution < -0.4 is 10.6 Å². The number of hydrogen-bond donors (Lipinski definition) is 2. The lowest BCUT2D eigenvalue weighted by molar-refractivity contribution is -0.123. The zero-order chi connectivity index (χ0) is 14.3. The Hall–Kier alpha value is -1.39. The molecule has 0 spiro atoms. The van der Waals surface area contributed by atoms with E-state index in [0.717, 1.165) is 0 Å². The van der Waals surface area contributed by atoms with Gasteiger partial charge >= 0.3 is 0 Å². The minimum Gasteiger partial charge on any atom is -0.383 e. The van der Waals surface area contributed by atoms with Crippen LogP contribution in [0.25, 0.3) is 0 Å². The van der Waals surface area contributed by atoms with Crippen LogP contribution in [0.5, 0.6) is 0 Å². The minimum atomic E-state index is -0.230. The van der Waals surface area contributed by atoms with Crippen LogP contribution in [0.3, 0.4) is 0 Å². The van der Waals surface area contributed by atoms with Crippen LogP contribution in [0.2, 0.25) is 0 Å². The molecule has 0 saturated heterocycles. The number of rotatable bonds is 7. The van der Waals surface area contributed by atoms with Crippen LogP contribution in [0.1, 0.15) is 31.0 Å². The van der Waals surface area contributed by atoms with E-state index < -0.39 is 0 Å². The normalized spacial score (nSPS) is 13.9. The van der Waals surface area contributed by atoms with Gasteiger partial charge in [0.1, 0.15) is 0 Å². The van der Waals surface area contributed by atoms with Gasteiger partial charge in [0.05, 0.1) is 12.6 Å². The Morgan fingerprint density at radius 2 is 2.00 bits per heavy atom. The van der Waals surface area contributed by atoms with Crippen molar-refractivity contribution < 1.29 is 9.53 Å². The molecule has 0 bridgehead atoms. The first kappa shape index (κ1) is 15.7. The molecule has 1 amide bonds. The van der Waals surface area contributed by atoms with Gasteiger partial charge in [0, 0.05) is 19.7 Å². The average molecular weight is 264 g/mol. The highest BCUT2D eigenvalue weighted by Crippen LogP contribution is 2.17. The van der Waals surface area contributed by atoms with Crippen molar-refractivity contribution in [2.24, 2.45) is 0 Å². The van der Waals surface area contributed by atoms with Crippen molar-refractivity contribution in [1.29, 1.82) is 0 Å². The average Bonchev–Trinajstić information content (AvgIpc) is 2.39. The molecule has 0 aliphatic carbocycles. The summed E-state index contributed by atoms with van der Waals surface area (Å²) in [6.45, 7) is 7.10. The summed E-state index contributed by atoms with van der Waals surface area (Å²) in [6.07, 6.45) is 0. The summed E-state index contributed by atoms with van der Waals surface area (Å²) in [5.41, 5.74) is 2.45. The molecule has 0 aliphatic heterocycles. The van der Waals surface area contributed by atoms with E-state index in [2.05, 4.69) is 36.6 Å². The zero-order valence-electron chi connectivity index (χ0n) is 12.2. The second kappa shape index (κ2) is 7.92. The number of amides is 1. The maximum atomic E-state index is 11.8. The van der Waals surface area contributed by atoms with Gasteiger partial charge in [-0.15, -0.1) is 0 Å². The number of methoxy groups -OCH3 is 1. The van der Waals surface area contributed by atoms with E-state index in [4.69, 9.17) is 4.74 Å². The molecule has 0 aromatic heterocycles. The largest absolute Gasteiger partial charge is 0.383 e. The van der Waals surface area contributed by atoms with E-state index in [1.165, 1.54) is 11.1 Å². The maximum Gasteiger partial charge on any atom is 0.236 e. The van der Waals surface area contributed by atoms with E-state index in [1.54, 1.807) is 7.11 Å². The predicted octanol–water partition coefficient (Wildman–Crippen LogP) is 1.80. The van der Waals surface area contributed by atoms with Crippen molar-refractivity contribution in [1.82, 2.24) is 10.6 Å². The molecule has 1 aromatic rings. The Morgan fingerprint density at radius 3 is 2.63 bits per heavy atom. The van der Waals surface area contributed by atoms with Crippen LogP contribution >= 0.6 is 0 Å².